The van der Waals surface area contributed by atoms with Crippen LogP contribution in [0.5, 0.6) is 11.5 Å². The molecule has 0 aliphatic carbocycles. The fourth-order valence-electron chi connectivity index (χ4n) is 1.19. The summed E-state index contributed by atoms with van der Waals surface area (Å²) in [4.78, 5) is 10.9. The van der Waals surface area contributed by atoms with E-state index in [-0.39, 0.29) is 0 Å². The van der Waals surface area contributed by atoms with E-state index in [9.17, 15) is 4.79 Å². The fourth-order valence-corrected chi connectivity index (χ4v) is 1.19. The van der Waals surface area contributed by atoms with Crippen molar-refractivity contribution in [1.82, 2.24) is 0 Å². The van der Waals surface area contributed by atoms with Crippen molar-refractivity contribution in [1.29, 1.82) is 5.26 Å². The summed E-state index contributed by atoms with van der Waals surface area (Å²) >= 11 is 0. The van der Waals surface area contributed by atoms with Crippen molar-refractivity contribution >= 4 is 5.91 Å². The molecule has 1 aromatic carbocycles. The first kappa shape index (κ1) is 12.8. The van der Waals surface area contributed by atoms with Crippen molar-refractivity contribution in [2.75, 3.05) is 6.61 Å². The van der Waals surface area contributed by atoms with Crippen LogP contribution in [0.1, 0.15) is 19.4 Å². The Balaban J connectivity index is 2.98. The molecule has 0 spiro atoms. The average molecular weight is 234 g/mol. The molecule has 0 aliphatic rings. The maximum atomic E-state index is 10.9. The van der Waals surface area contributed by atoms with Gasteiger partial charge in [-0.2, -0.15) is 5.26 Å². The molecular formula is C12H14N2O3. The molecule has 0 bridgehead atoms. The molecule has 0 aromatic heterocycles. The lowest BCUT2D eigenvalue weighted by Crippen LogP contribution is -2.30. The van der Waals surface area contributed by atoms with Gasteiger partial charge in [-0.1, -0.05) is 0 Å². The second-order valence-corrected chi connectivity index (χ2v) is 3.37. The molecular weight excluding hydrogens is 220 g/mol. The van der Waals surface area contributed by atoms with Crippen LogP contribution in [0.4, 0.5) is 0 Å². The highest BCUT2D eigenvalue weighted by atomic mass is 16.5. The number of carbonyl (C=O) groups excluding carboxylic acids is 1. The van der Waals surface area contributed by atoms with Crippen LogP contribution in [0.15, 0.2) is 18.2 Å². The summed E-state index contributed by atoms with van der Waals surface area (Å²) in [6.07, 6.45) is -0.748. The van der Waals surface area contributed by atoms with Gasteiger partial charge < -0.3 is 15.2 Å². The van der Waals surface area contributed by atoms with E-state index in [1.807, 2.05) is 13.0 Å². The molecule has 17 heavy (non-hydrogen) atoms. The lowest BCUT2D eigenvalue weighted by atomic mass is 10.2. The molecule has 5 nitrogen and oxygen atoms in total. The minimum atomic E-state index is -0.748. The maximum Gasteiger partial charge on any atom is 0.258 e. The molecule has 90 valence electrons. The van der Waals surface area contributed by atoms with Gasteiger partial charge in [0.25, 0.3) is 5.91 Å². The lowest BCUT2D eigenvalue weighted by molar-refractivity contribution is -0.124. The van der Waals surface area contributed by atoms with E-state index in [1.54, 1.807) is 25.1 Å². The predicted molar refractivity (Wildman–Crippen MR) is 61.6 cm³/mol. The average Bonchev–Trinajstić information content (AvgIpc) is 2.31. The summed E-state index contributed by atoms with van der Waals surface area (Å²) in [5, 5.41) is 8.77. The Morgan fingerprint density at radius 3 is 2.76 bits per heavy atom. The molecule has 0 heterocycles. The number of benzene rings is 1. The molecule has 0 aliphatic heterocycles. The third kappa shape index (κ3) is 3.38. The lowest BCUT2D eigenvalue weighted by Gasteiger charge is -2.15. The number of rotatable bonds is 5. The van der Waals surface area contributed by atoms with Gasteiger partial charge in [-0.05, 0) is 26.0 Å². The number of primary amides is 1. The number of hydrogen-bond donors (Lipinski definition) is 1. The van der Waals surface area contributed by atoms with E-state index in [0.717, 1.165) is 0 Å². The third-order valence-corrected chi connectivity index (χ3v) is 2.08. The summed E-state index contributed by atoms with van der Waals surface area (Å²) in [6.45, 7) is 3.81. The number of ether oxygens (including phenoxy) is 2. The van der Waals surface area contributed by atoms with Crippen molar-refractivity contribution < 1.29 is 14.3 Å². The molecule has 1 rings (SSSR count). The number of nitriles is 1. The van der Waals surface area contributed by atoms with Gasteiger partial charge in [-0.25, -0.2) is 0 Å². The molecule has 1 amide bonds. The summed E-state index contributed by atoms with van der Waals surface area (Å²) in [5.74, 6) is 0.272. The Labute approximate surface area is 99.7 Å². The highest BCUT2D eigenvalue weighted by Gasteiger charge is 2.14. The topological polar surface area (TPSA) is 85.3 Å². The third-order valence-electron chi connectivity index (χ3n) is 2.08. The van der Waals surface area contributed by atoms with Crippen molar-refractivity contribution in [2.24, 2.45) is 5.73 Å². The van der Waals surface area contributed by atoms with Gasteiger partial charge in [0.1, 0.15) is 0 Å². The fraction of sp³-hybridized carbons (Fsp3) is 0.333. The monoisotopic (exact) mass is 234 g/mol. The normalized spacial score (nSPS) is 11.4. The molecule has 5 heteroatoms. The van der Waals surface area contributed by atoms with Gasteiger partial charge >= 0.3 is 0 Å². The Bertz CT molecular complexity index is 452. The molecule has 1 unspecified atom stereocenters. The molecule has 1 atom stereocenters. The SMILES string of the molecule is CCOc1cc(C#N)ccc1OC(C)C(N)=O. The zero-order valence-corrected chi connectivity index (χ0v) is 9.77. The smallest absolute Gasteiger partial charge is 0.258 e. The van der Waals surface area contributed by atoms with Crippen LogP contribution in [0, 0.1) is 11.3 Å². The van der Waals surface area contributed by atoms with E-state index >= 15 is 0 Å². The molecule has 0 fully saturated rings. The van der Waals surface area contributed by atoms with E-state index in [1.165, 1.54) is 0 Å². The van der Waals surface area contributed by atoms with E-state index < -0.39 is 12.0 Å². The number of hydrogen-bond acceptors (Lipinski definition) is 4. The Hall–Kier alpha value is -2.22. The van der Waals surface area contributed by atoms with Crippen molar-refractivity contribution in [3.63, 3.8) is 0 Å². The Kier molecular flexibility index (Phi) is 4.35. The molecule has 0 radical (unpaired) electrons. The number of amides is 1. The summed E-state index contributed by atoms with van der Waals surface area (Å²) in [5.41, 5.74) is 5.57. The minimum Gasteiger partial charge on any atom is -0.490 e. The first-order valence-electron chi connectivity index (χ1n) is 5.21. The second kappa shape index (κ2) is 5.75. The highest BCUT2D eigenvalue weighted by Crippen LogP contribution is 2.29. The summed E-state index contributed by atoms with van der Waals surface area (Å²) in [6, 6.07) is 6.74. The second-order valence-electron chi connectivity index (χ2n) is 3.37. The van der Waals surface area contributed by atoms with Crippen LogP contribution in [0.3, 0.4) is 0 Å². The molecule has 2 N–H and O–H groups in total. The van der Waals surface area contributed by atoms with Gasteiger partial charge in [0, 0.05) is 6.07 Å². The van der Waals surface area contributed by atoms with Crippen molar-refractivity contribution in [3.8, 4) is 17.6 Å². The Morgan fingerprint density at radius 1 is 1.53 bits per heavy atom. The molecule has 0 saturated carbocycles. The van der Waals surface area contributed by atoms with Gasteiger partial charge in [0.15, 0.2) is 17.6 Å². The van der Waals surface area contributed by atoms with Crippen molar-refractivity contribution in [2.45, 2.75) is 20.0 Å². The molecule has 0 saturated heterocycles. The van der Waals surface area contributed by atoms with E-state index in [2.05, 4.69) is 0 Å². The van der Waals surface area contributed by atoms with Crippen LogP contribution in [-0.4, -0.2) is 18.6 Å². The highest BCUT2D eigenvalue weighted by molar-refractivity contribution is 5.78. The van der Waals surface area contributed by atoms with Crippen LogP contribution in [0.25, 0.3) is 0 Å². The maximum absolute atomic E-state index is 10.9. The zero-order chi connectivity index (χ0) is 12.8. The van der Waals surface area contributed by atoms with Crippen LogP contribution in [-0.2, 0) is 4.79 Å². The largest absolute Gasteiger partial charge is 0.490 e. The number of carbonyl (C=O) groups is 1. The quantitative estimate of drug-likeness (QED) is 0.829. The van der Waals surface area contributed by atoms with Crippen molar-refractivity contribution in [3.05, 3.63) is 23.8 Å². The van der Waals surface area contributed by atoms with Gasteiger partial charge in [0.05, 0.1) is 18.2 Å². The van der Waals surface area contributed by atoms with Gasteiger partial charge in [-0.15, -0.1) is 0 Å². The van der Waals surface area contributed by atoms with E-state index in [4.69, 9.17) is 20.5 Å². The zero-order valence-electron chi connectivity index (χ0n) is 9.77. The first-order valence-corrected chi connectivity index (χ1v) is 5.21. The van der Waals surface area contributed by atoms with Crippen LogP contribution >= 0.6 is 0 Å². The number of nitrogens with zero attached hydrogens (tertiary/aromatic N) is 1. The van der Waals surface area contributed by atoms with Gasteiger partial charge in [-0.3, -0.25) is 4.79 Å². The van der Waals surface area contributed by atoms with Gasteiger partial charge in [0.2, 0.25) is 0 Å². The molecule has 1 aromatic rings. The Morgan fingerprint density at radius 2 is 2.24 bits per heavy atom. The van der Waals surface area contributed by atoms with Crippen LogP contribution < -0.4 is 15.2 Å². The summed E-state index contributed by atoms with van der Waals surface area (Å²) in [7, 11) is 0. The predicted octanol–water partition coefficient (Wildman–Crippen LogP) is 1.21. The summed E-state index contributed by atoms with van der Waals surface area (Å²) < 4.78 is 10.7. The number of nitrogens with two attached hydrogens (primary N) is 1. The first-order chi connectivity index (χ1) is 8.08. The van der Waals surface area contributed by atoms with E-state index in [0.29, 0.717) is 23.7 Å². The van der Waals surface area contributed by atoms with Crippen LogP contribution in [0.2, 0.25) is 0 Å². The standard InChI is InChI=1S/C12H14N2O3/c1-3-16-11-6-9(7-13)4-5-10(11)17-8(2)12(14)15/h4-6,8H,3H2,1-2H3,(H2,14,15). The minimum absolute atomic E-state index is 0.400.